The van der Waals surface area contributed by atoms with Crippen molar-refractivity contribution in [2.45, 2.75) is 6.04 Å². The smallest absolute Gasteiger partial charge is 0.259 e. The van der Waals surface area contributed by atoms with Gasteiger partial charge in [0.15, 0.2) is 0 Å². The topological polar surface area (TPSA) is 70.9 Å². The molecular formula is C15H11N3O2. The van der Waals surface area contributed by atoms with E-state index < -0.39 is 11.9 Å². The quantitative estimate of drug-likeness (QED) is 0.669. The van der Waals surface area contributed by atoms with Crippen LogP contribution < -0.4 is 5.32 Å². The first kappa shape index (κ1) is 12.2. The van der Waals surface area contributed by atoms with E-state index in [1.807, 2.05) is 18.2 Å². The van der Waals surface area contributed by atoms with Gasteiger partial charge < -0.3 is 5.32 Å². The van der Waals surface area contributed by atoms with Gasteiger partial charge in [-0.3, -0.25) is 9.59 Å². The Morgan fingerprint density at radius 2 is 1.60 bits per heavy atom. The van der Waals surface area contributed by atoms with Crippen molar-refractivity contribution in [3.8, 4) is 0 Å². The first-order valence-corrected chi connectivity index (χ1v) is 6.16. The van der Waals surface area contributed by atoms with Crippen molar-refractivity contribution in [1.29, 1.82) is 0 Å². The fraction of sp³-hybridized carbons (Fsp3) is 0.0667. The Balaban J connectivity index is 1.90. The van der Waals surface area contributed by atoms with Crippen molar-refractivity contribution in [3.05, 3.63) is 60.2 Å². The Bertz CT molecular complexity index is 695. The zero-order valence-corrected chi connectivity index (χ0v) is 10.5. The van der Waals surface area contributed by atoms with Crippen LogP contribution in [0.4, 0.5) is 11.4 Å². The van der Waals surface area contributed by atoms with Gasteiger partial charge in [-0.25, -0.2) is 0 Å². The molecule has 1 amide bonds. The van der Waals surface area contributed by atoms with Gasteiger partial charge in [0.2, 0.25) is 11.8 Å². The monoisotopic (exact) mass is 265 g/mol. The molecule has 5 nitrogen and oxygen atoms in total. The molecule has 0 spiro atoms. The number of carbonyl (C=O) groups is 2. The van der Waals surface area contributed by atoms with Crippen molar-refractivity contribution in [3.63, 3.8) is 0 Å². The molecule has 0 bridgehead atoms. The van der Waals surface area contributed by atoms with Crippen LogP contribution in [0, 0.1) is 0 Å². The van der Waals surface area contributed by atoms with Gasteiger partial charge in [0.25, 0.3) is 5.91 Å². The molecular weight excluding hydrogens is 254 g/mol. The summed E-state index contributed by atoms with van der Waals surface area (Å²) in [6.45, 7) is 0. The predicted octanol–water partition coefficient (Wildman–Crippen LogP) is 2.97. The maximum absolute atomic E-state index is 12.2. The van der Waals surface area contributed by atoms with E-state index >= 15 is 0 Å². The van der Waals surface area contributed by atoms with E-state index in [1.165, 1.54) is 0 Å². The van der Waals surface area contributed by atoms with Crippen LogP contribution in [0.3, 0.4) is 0 Å². The number of carbonyl (C=O) groups excluding carboxylic acids is 2. The number of nitrogens with zero attached hydrogens (tertiary/aromatic N) is 2. The maximum atomic E-state index is 12.2. The van der Waals surface area contributed by atoms with Crippen LogP contribution in [-0.4, -0.2) is 17.7 Å². The summed E-state index contributed by atoms with van der Waals surface area (Å²) in [5, 5.41) is 10.5. The van der Waals surface area contributed by atoms with E-state index in [-0.39, 0.29) is 5.78 Å². The molecule has 1 unspecified atom stereocenters. The number of rotatable bonds is 2. The van der Waals surface area contributed by atoms with Crippen molar-refractivity contribution >= 4 is 23.1 Å². The van der Waals surface area contributed by atoms with Gasteiger partial charge in [-0.1, -0.05) is 30.3 Å². The molecule has 5 heteroatoms. The second-order valence-corrected chi connectivity index (χ2v) is 4.35. The van der Waals surface area contributed by atoms with Crippen LogP contribution in [0.1, 0.15) is 10.4 Å². The summed E-state index contributed by atoms with van der Waals surface area (Å²) in [6, 6.07) is 14.7. The highest BCUT2D eigenvalue weighted by atomic mass is 16.2. The van der Waals surface area contributed by atoms with Gasteiger partial charge in [0.05, 0.1) is 11.4 Å². The second-order valence-electron chi connectivity index (χ2n) is 4.35. The van der Waals surface area contributed by atoms with Crippen LogP contribution >= 0.6 is 0 Å². The molecule has 3 rings (SSSR count). The van der Waals surface area contributed by atoms with Crippen molar-refractivity contribution < 1.29 is 9.59 Å². The lowest BCUT2D eigenvalue weighted by Gasteiger charge is -2.19. The van der Waals surface area contributed by atoms with Crippen molar-refractivity contribution in [2.75, 3.05) is 5.32 Å². The van der Waals surface area contributed by atoms with E-state index in [1.54, 1.807) is 36.4 Å². The van der Waals surface area contributed by atoms with E-state index in [0.29, 0.717) is 16.9 Å². The highest BCUT2D eigenvalue weighted by molar-refractivity contribution is 6.23. The summed E-state index contributed by atoms with van der Waals surface area (Å²) >= 11 is 0. The average Bonchev–Trinajstić information content (AvgIpc) is 2.48. The Labute approximate surface area is 115 Å². The maximum Gasteiger partial charge on any atom is 0.259 e. The fourth-order valence-electron chi connectivity index (χ4n) is 2.00. The molecule has 1 heterocycles. The van der Waals surface area contributed by atoms with Crippen LogP contribution in [0.5, 0.6) is 0 Å². The molecule has 0 saturated carbocycles. The molecule has 98 valence electrons. The number of ketones is 1. The van der Waals surface area contributed by atoms with E-state index in [2.05, 4.69) is 15.5 Å². The molecule has 0 radical (unpaired) electrons. The summed E-state index contributed by atoms with van der Waals surface area (Å²) in [6.07, 6.45) is 0. The molecule has 1 atom stereocenters. The first-order chi connectivity index (χ1) is 9.75. The summed E-state index contributed by atoms with van der Waals surface area (Å²) in [4.78, 5) is 24.1. The number of para-hydroxylation sites is 1. The minimum absolute atomic E-state index is 0.330. The minimum atomic E-state index is -1.12. The first-order valence-electron chi connectivity index (χ1n) is 6.16. The third kappa shape index (κ3) is 2.21. The zero-order valence-electron chi connectivity index (χ0n) is 10.5. The molecule has 20 heavy (non-hydrogen) atoms. The van der Waals surface area contributed by atoms with Crippen LogP contribution in [0.15, 0.2) is 64.8 Å². The molecule has 1 N–H and O–H groups in total. The SMILES string of the molecule is O=C1Nc2ccccc2C(=O)C1N=Nc1ccccc1. The van der Waals surface area contributed by atoms with Crippen molar-refractivity contribution in [2.24, 2.45) is 10.2 Å². The number of hydrogen-bond acceptors (Lipinski definition) is 4. The Morgan fingerprint density at radius 3 is 2.40 bits per heavy atom. The Morgan fingerprint density at radius 1 is 0.900 bits per heavy atom. The number of nitrogens with one attached hydrogen (secondary N) is 1. The van der Waals surface area contributed by atoms with Gasteiger partial charge in [0, 0.05) is 5.56 Å². The van der Waals surface area contributed by atoms with Gasteiger partial charge in [-0.15, -0.1) is 0 Å². The molecule has 2 aromatic rings. The summed E-state index contributed by atoms with van der Waals surface area (Å²) < 4.78 is 0. The molecule has 0 aromatic heterocycles. The van der Waals surface area contributed by atoms with Crippen molar-refractivity contribution in [1.82, 2.24) is 0 Å². The molecule has 0 fully saturated rings. The lowest BCUT2D eigenvalue weighted by Crippen LogP contribution is -2.38. The van der Waals surface area contributed by atoms with Gasteiger partial charge in [-0.2, -0.15) is 10.2 Å². The molecule has 0 aliphatic carbocycles. The summed E-state index contributed by atoms with van der Waals surface area (Å²) in [5.41, 5.74) is 1.59. The Hall–Kier alpha value is -2.82. The van der Waals surface area contributed by atoms with Crippen LogP contribution in [0.2, 0.25) is 0 Å². The lowest BCUT2D eigenvalue weighted by atomic mass is 9.98. The van der Waals surface area contributed by atoms with Gasteiger partial charge in [-0.05, 0) is 24.3 Å². The molecule has 0 saturated heterocycles. The molecule has 1 aliphatic rings. The van der Waals surface area contributed by atoms with Gasteiger partial charge >= 0.3 is 0 Å². The number of benzene rings is 2. The van der Waals surface area contributed by atoms with Crippen LogP contribution in [-0.2, 0) is 4.79 Å². The highest BCUT2D eigenvalue weighted by Crippen LogP contribution is 2.24. The van der Waals surface area contributed by atoms with E-state index in [4.69, 9.17) is 0 Å². The molecule has 2 aromatic carbocycles. The number of fused-ring (bicyclic) bond motifs is 1. The third-order valence-corrected chi connectivity index (χ3v) is 2.99. The number of hydrogen-bond donors (Lipinski definition) is 1. The lowest BCUT2D eigenvalue weighted by molar-refractivity contribution is -0.116. The predicted molar refractivity (Wildman–Crippen MR) is 74.1 cm³/mol. The van der Waals surface area contributed by atoms with E-state index in [9.17, 15) is 9.59 Å². The van der Waals surface area contributed by atoms with Gasteiger partial charge in [0.1, 0.15) is 0 Å². The third-order valence-electron chi connectivity index (χ3n) is 2.99. The van der Waals surface area contributed by atoms with Crippen LogP contribution in [0.25, 0.3) is 0 Å². The highest BCUT2D eigenvalue weighted by Gasteiger charge is 2.34. The number of anilines is 1. The number of azo groups is 1. The second kappa shape index (κ2) is 5.05. The average molecular weight is 265 g/mol. The van der Waals surface area contributed by atoms with E-state index in [0.717, 1.165) is 0 Å². The largest absolute Gasteiger partial charge is 0.323 e. The fourth-order valence-corrected chi connectivity index (χ4v) is 2.00. The summed E-state index contributed by atoms with van der Waals surface area (Å²) in [7, 11) is 0. The normalized spacial score (nSPS) is 17.9. The standard InChI is InChI=1S/C15H11N3O2/c19-14-11-8-4-5-9-12(11)16-15(20)13(14)18-17-10-6-2-1-3-7-10/h1-9,13H,(H,16,20). The number of Topliss-reactive ketones (excluding diaryl/α,β-unsaturated/α-hetero) is 1. The summed E-state index contributed by atoms with van der Waals surface area (Å²) in [5.74, 6) is -0.780. The zero-order chi connectivity index (χ0) is 13.9. The Kier molecular flexibility index (Phi) is 3.09. The number of amides is 1. The minimum Gasteiger partial charge on any atom is -0.323 e. The molecule has 1 aliphatic heterocycles.